The molecule has 100 valence electrons. The van der Waals surface area contributed by atoms with E-state index in [0.717, 1.165) is 31.3 Å². The molecule has 0 radical (unpaired) electrons. The molecule has 2 N–H and O–H groups in total. The molecule has 1 atom stereocenters. The van der Waals surface area contributed by atoms with Crippen molar-refractivity contribution in [1.29, 1.82) is 0 Å². The Kier molecular flexibility index (Phi) is 4.61. The molecule has 1 fully saturated rings. The van der Waals surface area contributed by atoms with Crippen LogP contribution in [0, 0.1) is 0 Å². The van der Waals surface area contributed by atoms with Gasteiger partial charge in [-0.3, -0.25) is 4.90 Å². The number of benzene rings is 1. The number of rotatable bonds is 7. The van der Waals surface area contributed by atoms with Crippen LogP contribution < -0.4 is 5.73 Å². The molecular formula is C15H24N2O. The molecular weight excluding hydrogens is 224 g/mol. The van der Waals surface area contributed by atoms with Crippen molar-refractivity contribution in [3.05, 3.63) is 29.8 Å². The SMILES string of the molecule is COCCC(C)N(Cc1ccc(N)cc1)C1CC1. The Bertz CT molecular complexity index is 359. The third-order valence-corrected chi connectivity index (χ3v) is 3.67. The van der Waals surface area contributed by atoms with E-state index in [2.05, 4.69) is 24.0 Å². The van der Waals surface area contributed by atoms with Crippen molar-refractivity contribution in [2.75, 3.05) is 19.5 Å². The van der Waals surface area contributed by atoms with E-state index < -0.39 is 0 Å². The summed E-state index contributed by atoms with van der Waals surface area (Å²) in [4.78, 5) is 2.60. The van der Waals surface area contributed by atoms with E-state index >= 15 is 0 Å². The van der Waals surface area contributed by atoms with Gasteiger partial charge in [0.2, 0.25) is 0 Å². The highest BCUT2D eigenvalue weighted by atomic mass is 16.5. The average Bonchev–Trinajstić information content (AvgIpc) is 3.19. The van der Waals surface area contributed by atoms with E-state index in [1.165, 1.54) is 18.4 Å². The lowest BCUT2D eigenvalue weighted by Gasteiger charge is -2.29. The molecule has 0 spiro atoms. The van der Waals surface area contributed by atoms with Crippen molar-refractivity contribution in [2.24, 2.45) is 0 Å². The zero-order valence-electron chi connectivity index (χ0n) is 11.4. The Morgan fingerprint density at radius 3 is 2.56 bits per heavy atom. The fourth-order valence-electron chi connectivity index (χ4n) is 2.34. The minimum absolute atomic E-state index is 0.579. The summed E-state index contributed by atoms with van der Waals surface area (Å²) in [5.74, 6) is 0. The van der Waals surface area contributed by atoms with Crippen LogP contribution in [0.2, 0.25) is 0 Å². The molecule has 2 rings (SSSR count). The molecule has 0 aliphatic heterocycles. The van der Waals surface area contributed by atoms with Gasteiger partial charge in [-0.1, -0.05) is 12.1 Å². The number of nitrogens with two attached hydrogens (primary N) is 1. The molecule has 18 heavy (non-hydrogen) atoms. The highest BCUT2D eigenvalue weighted by Gasteiger charge is 2.31. The average molecular weight is 248 g/mol. The lowest BCUT2D eigenvalue weighted by Crippen LogP contribution is -2.35. The maximum Gasteiger partial charge on any atom is 0.0477 e. The molecule has 1 aromatic carbocycles. The summed E-state index contributed by atoms with van der Waals surface area (Å²) in [6, 6.07) is 9.59. The van der Waals surface area contributed by atoms with Crippen LogP contribution in [0.1, 0.15) is 31.7 Å². The molecule has 1 aromatic rings. The number of hydrogen-bond acceptors (Lipinski definition) is 3. The minimum atomic E-state index is 0.579. The van der Waals surface area contributed by atoms with Gasteiger partial charge in [-0.15, -0.1) is 0 Å². The second kappa shape index (κ2) is 6.21. The zero-order valence-corrected chi connectivity index (χ0v) is 11.4. The Balaban J connectivity index is 1.95. The number of hydrogen-bond donors (Lipinski definition) is 1. The maximum atomic E-state index is 5.73. The van der Waals surface area contributed by atoms with Gasteiger partial charge in [0.05, 0.1) is 0 Å². The molecule has 1 saturated carbocycles. The summed E-state index contributed by atoms with van der Waals surface area (Å²) in [5, 5.41) is 0. The number of anilines is 1. The van der Waals surface area contributed by atoms with Crippen molar-refractivity contribution in [3.63, 3.8) is 0 Å². The van der Waals surface area contributed by atoms with Gasteiger partial charge in [0.25, 0.3) is 0 Å². The first kappa shape index (κ1) is 13.4. The van der Waals surface area contributed by atoms with E-state index in [1.807, 2.05) is 12.1 Å². The minimum Gasteiger partial charge on any atom is -0.399 e. The summed E-state index contributed by atoms with van der Waals surface area (Å²) < 4.78 is 5.19. The lowest BCUT2D eigenvalue weighted by atomic mass is 10.1. The summed E-state index contributed by atoms with van der Waals surface area (Å²) in [6.07, 6.45) is 3.78. The van der Waals surface area contributed by atoms with Gasteiger partial charge in [-0.05, 0) is 43.9 Å². The molecule has 0 aromatic heterocycles. The van der Waals surface area contributed by atoms with E-state index in [9.17, 15) is 0 Å². The second-order valence-electron chi connectivity index (χ2n) is 5.28. The number of nitrogens with zero attached hydrogens (tertiary/aromatic N) is 1. The third kappa shape index (κ3) is 3.72. The van der Waals surface area contributed by atoms with Gasteiger partial charge in [-0.2, -0.15) is 0 Å². The highest BCUT2D eigenvalue weighted by Crippen LogP contribution is 2.31. The van der Waals surface area contributed by atoms with E-state index in [4.69, 9.17) is 10.5 Å². The largest absolute Gasteiger partial charge is 0.399 e. The van der Waals surface area contributed by atoms with Gasteiger partial charge < -0.3 is 10.5 Å². The van der Waals surface area contributed by atoms with Gasteiger partial charge in [0, 0.05) is 38.0 Å². The summed E-state index contributed by atoms with van der Waals surface area (Å²) in [6.45, 7) is 4.16. The summed E-state index contributed by atoms with van der Waals surface area (Å²) in [7, 11) is 1.77. The molecule has 0 saturated heterocycles. The van der Waals surface area contributed by atoms with Gasteiger partial charge in [-0.25, -0.2) is 0 Å². The monoisotopic (exact) mass is 248 g/mol. The van der Waals surface area contributed by atoms with Crippen LogP contribution in [-0.4, -0.2) is 30.7 Å². The maximum absolute atomic E-state index is 5.73. The molecule has 0 heterocycles. The zero-order chi connectivity index (χ0) is 13.0. The Morgan fingerprint density at radius 2 is 2.00 bits per heavy atom. The van der Waals surface area contributed by atoms with Crippen LogP contribution in [0.25, 0.3) is 0 Å². The first-order valence-corrected chi connectivity index (χ1v) is 6.80. The Hall–Kier alpha value is -1.06. The van der Waals surface area contributed by atoms with Crippen molar-refractivity contribution >= 4 is 5.69 Å². The van der Waals surface area contributed by atoms with E-state index in [1.54, 1.807) is 7.11 Å². The first-order chi connectivity index (χ1) is 8.70. The predicted molar refractivity (Wildman–Crippen MR) is 75.4 cm³/mol. The van der Waals surface area contributed by atoms with Crippen molar-refractivity contribution in [1.82, 2.24) is 4.90 Å². The Labute approximate surface area is 110 Å². The quantitative estimate of drug-likeness (QED) is 0.754. The van der Waals surface area contributed by atoms with Crippen molar-refractivity contribution < 1.29 is 4.74 Å². The van der Waals surface area contributed by atoms with Gasteiger partial charge in [0.15, 0.2) is 0 Å². The fourth-order valence-corrected chi connectivity index (χ4v) is 2.34. The van der Waals surface area contributed by atoms with E-state index in [-0.39, 0.29) is 0 Å². The van der Waals surface area contributed by atoms with Crippen LogP contribution in [0.5, 0.6) is 0 Å². The number of methoxy groups -OCH3 is 1. The molecule has 3 heteroatoms. The topological polar surface area (TPSA) is 38.5 Å². The number of nitrogen functional groups attached to an aromatic ring is 1. The second-order valence-corrected chi connectivity index (χ2v) is 5.28. The molecule has 1 aliphatic rings. The molecule has 0 amide bonds. The normalized spacial score (nSPS) is 17.1. The fraction of sp³-hybridized carbons (Fsp3) is 0.600. The van der Waals surface area contributed by atoms with Gasteiger partial charge >= 0.3 is 0 Å². The lowest BCUT2D eigenvalue weighted by molar-refractivity contribution is 0.128. The predicted octanol–water partition coefficient (Wildman–Crippen LogP) is 2.66. The van der Waals surface area contributed by atoms with Gasteiger partial charge in [0.1, 0.15) is 0 Å². The molecule has 0 bridgehead atoms. The van der Waals surface area contributed by atoms with E-state index in [0.29, 0.717) is 6.04 Å². The Morgan fingerprint density at radius 1 is 1.33 bits per heavy atom. The first-order valence-electron chi connectivity index (χ1n) is 6.80. The van der Waals surface area contributed by atoms with Crippen molar-refractivity contribution in [3.8, 4) is 0 Å². The number of ether oxygens (including phenoxy) is 1. The van der Waals surface area contributed by atoms with Crippen LogP contribution in [-0.2, 0) is 11.3 Å². The van der Waals surface area contributed by atoms with Crippen LogP contribution in [0.15, 0.2) is 24.3 Å². The standard InChI is InChI=1S/C15H24N2O/c1-12(9-10-18-2)17(15-7-8-15)11-13-3-5-14(16)6-4-13/h3-6,12,15H,7-11,16H2,1-2H3. The molecule has 1 aliphatic carbocycles. The van der Waals surface area contributed by atoms with Crippen LogP contribution in [0.4, 0.5) is 5.69 Å². The smallest absolute Gasteiger partial charge is 0.0477 e. The van der Waals surface area contributed by atoms with Crippen LogP contribution >= 0.6 is 0 Å². The van der Waals surface area contributed by atoms with Crippen LogP contribution in [0.3, 0.4) is 0 Å². The molecule has 3 nitrogen and oxygen atoms in total. The summed E-state index contributed by atoms with van der Waals surface area (Å²) >= 11 is 0. The van der Waals surface area contributed by atoms with Crippen molar-refractivity contribution in [2.45, 2.75) is 44.8 Å². The third-order valence-electron chi connectivity index (χ3n) is 3.67. The summed E-state index contributed by atoms with van der Waals surface area (Å²) in [5.41, 5.74) is 7.91. The molecule has 1 unspecified atom stereocenters. The highest BCUT2D eigenvalue weighted by molar-refractivity contribution is 5.39.